The number of nitrogens with one attached hydrogen (secondary N) is 1. The van der Waals surface area contributed by atoms with E-state index in [4.69, 9.17) is 5.73 Å². The highest BCUT2D eigenvalue weighted by molar-refractivity contribution is 5.84. The van der Waals surface area contributed by atoms with Crippen LogP contribution < -0.4 is 11.1 Å². The molecule has 1 aliphatic rings. The molecule has 0 unspecified atom stereocenters. The normalized spacial score (nSPS) is 16.8. The van der Waals surface area contributed by atoms with Crippen molar-refractivity contribution in [3.05, 3.63) is 12.2 Å². The zero-order chi connectivity index (χ0) is 12.7. The number of carbonyl (C=O) groups is 1. The summed E-state index contributed by atoms with van der Waals surface area (Å²) in [5.41, 5.74) is 6.60. The Hall–Kier alpha value is -1.52. The summed E-state index contributed by atoms with van der Waals surface area (Å²) in [6.07, 6.45) is 3.41. The van der Waals surface area contributed by atoms with Gasteiger partial charge >= 0.3 is 0 Å². The molecule has 5 nitrogen and oxygen atoms in total. The van der Waals surface area contributed by atoms with Gasteiger partial charge in [0.25, 0.3) is 0 Å². The number of nitrogens with two attached hydrogens (primary N) is 1. The van der Waals surface area contributed by atoms with Crippen LogP contribution in [-0.4, -0.2) is 42.9 Å². The number of nitrogens with zero attached hydrogens (tertiary/aromatic N) is 2. The first-order valence-corrected chi connectivity index (χ1v) is 6.05. The van der Waals surface area contributed by atoms with E-state index in [9.17, 15) is 4.79 Å². The third-order valence-electron chi connectivity index (χ3n) is 2.66. The van der Waals surface area contributed by atoms with Gasteiger partial charge in [-0.3, -0.25) is 4.79 Å². The molecular weight excluding hydrogens is 216 g/mol. The van der Waals surface area contributed by atoms with E-state index in [1.54, 1.807) is 0 Å². The minimum atomic E-state index is 0.0600. The van der Waals surface area contributed by atoms with E-state index in [1.807, 2.05) is 11.8 Å². The van der Waals surface area contributed by atoms with Gasteiger partial charge in [-0.25, -0.2) is 4.99 Å². The molecule has 96 valence electrons. The van der Waals surface area contributed by atoms with E-state index < -0.39 is 0 Å². The molecule has 3 N–H and O–H groups in total. The van der Waals surface area contributed by atoms with Gasteiger partial charge in [0.1, 0.15) is 6.54 Å². The third kappa shape index (κ3) is 5.38. The summed E-state index contributed by atoms with van der Waals surface area (Å²) in [5, 5.41) is 2.90. The Morgan fingerprint density at radius 2 is 2.06 bits per heavy atom. The molecule has 0 atom stereocenters. The van der Waals surface area contributed by atoms with Crippen molar-refractivity contribution in [2.75, 3.05) is 26.2 Å². The van der Waals surface area contributed by atoms with E-state index in [1.165, 1.54) is 6.42 Å². The molecule has 5 heteroatoms. The number of carbonyl (C=O) groups excluding carboxylic acids is 1. The molecule has 0 radical (unpaired) electrons. The van der Waals surface area contributed by atoms with Crippen molar-refractivity contribution in [1.29, 1.82) is 0 Å². The molecule has 0 spiro atoms. The standard InChI is InChI=1S/C12H22N4O/c1-10(2)8-14-12(13)15-9-11(17)16-6-4-3-5-7-16/h1,3-9H2,2H3,(H3,13,14,15). The molecule has 1 amide bonds. The Balaban J connectivity index is 2.29. The van der Waals surface area contributed by atoms with Gasteiger partial charge in [-0.1, -0.05) is 12.2 Å². The Kier molecular flexibility index (Phi) is 5.52. The molecule has 0 aliphatic carbocycles. The Morgan fingerprint density at radius 3 is 2.65 bits per heavy atom. The fourth-order valence-electron chi connectivity index (χ4n) is 1.69. The van der Waals surface area contributed by atoms with Crippen molar-refractivity contribution < 1.29 is 4.79 Å². The first-order valence-electron chi connectivity index (χ1n) is 6.05. The lowest BCUT2D eigenvalue weighted by Crippen LogP contribution is -2.38. The van der Waals surface area contributed by atoms with Crippen molar-refractivity contribution in [2.45, 2.75) is 26.2 Å². The van der Waals surface area contributed by atoms with Crippen LogP contribution in [-0.2, 0) is 4.79 Å². The van der Waals surface area contributed by atoms with Crippen LogP contribution in [0.1, 0.15) is 26.2 Å². The number of rotatable bonds is 4. The maximum Gasteiger partial charge on any atom is 0.244 e. The summed E-state index contributed by atoms with van der Waals surface area (Å²) in [5.74, 6) is 0.364. The molecule has 1 rings (SSSR count). The number of aliphatic imine (C=N–C) groups is 1. The van der Waals surface area contributed by atoms with E-state index in [2.05, 4.69) is 16.9 Å². The van der Waals surface area contributed by atoms with Crippen LogP contribution in [0.15, 0.2) is 17.1 Å². The number of guanidine groups is 1. The van der Waals surface area contributed by atoms with E-state index in [0.29, 0.717) is 12.5 Å². The van der Waals surface area contributed by atoms with E-state index >= 15 is 0 Å². The lowest BCUT2D eigenvalue weighted by Gasteiger charge is -2.26. The van der Waals surface area contributed by atoms with Crippen molar-refractivity contribution in [3.8, 4) is 0 Å². The van der Waals surface area contributed by atoms with Crippen LogP contribution in [0, 0.1) is 0 Å². The molecule has 0 aromatic heterocycles. The van der Waals surface area contributed by atoms with Gasteiger partial charge in [-0.05, 0) is 26.2 Å². The molecule has 0 aromatic rings. The Bertz CT molecular complexity index is 306. The van der Waals surface area contributed by atoms with E-state index in [0.717, 1.165) is 31.5 Å². The SMILES string of the molecule is C=C(C)CNC(N)=NCC(=O)N1CCCCC1. The second-order valence-corrected chi connectivity index (χ2v) is 4.45. The average molecular weight is 238 g/mol. The summed E-state index contributed by atoms with van der Waals surface area (Å²) in [7, 11) is 0. The van der Waals surface area contributed by atoms with Crippen molar-refractivity contribution in [2.24, 2.45) is 10.7 Å². The highest BCUT2D eigenvalue weighted by Crippen LogP contribution is 2.08. The predicted octanol–water partition coefficient (Wildman–Crippen LogP) is 0.479. The van der Waals surface area contributed by atoms with Gasteiger partial charge in [-0.15, -0.1) is 0 Å². The maximum atomic E-state index is 11.8. The van der Waals surface area contributed by atoms with Crippen LogP contribution in [0.25, 0.3) is 0 Å². The van der Waals surface area contributed by atoms with Gasteiger partial charge in [0.05, 0.1) is 0 Å². The van der Waals surface area contributed by atoms with Crippen LogP contribution >= 0.6 is 0 Å². The van der Waals surface area contributed by atoms with E-state index in [-0.39, 0.29) is 12.5 Å². The summed E-state index contributed by atoms with van der Waals surface area (Å²) >= 11 is 0. The minimum absolute atomic E-state index is 0.0600. The quantitative estimate of drug-likeness (QED) is 0.425. The third-order valence-corrected chi connectivity index (χ3v) is 2.66. The van der Waals surface area contributed by atoms with Gasteiger partial charge in [0.2, 0.25) is 5.91 Å². The minimum Gasteiger partial charge on any atom is -0.370 e. The van der Waals surface area contributed by atoms with Gasteiger partial charge in [0.15, 0.2) is 5.96 Å². The topological polar surface area (TPSA) is 70.7 Å². The van der Waals surface area contributed by atoms with Gasteiger partial charge in [-0.2, -0.15) is 0 Å². The molecule has 1 saturated heterocycles. The van der Waals surface area contributed by atoms with Crippen molar-refractivity contribution >= 4 is 11.9 Å². The number of amides is 1. The largest absolute Gasteiger partial charge is 0.370 e. The van der Waals surface area contributed by atoms with Crippen LogP contribution in [0.3, 0.4) is 0 Å². The molecule has 1 heterocycles. The fraction of sp³-hybridized carbons (Fsp3) is 0.667. The van der Waals surface area contributed by atoms with Gasteiger partial charge in [0, 0.05) is 19.6 Å². The predicted molar refractivity (Wildman–Crippen MR) is 69.7 cm³/mol. The highest BCUT2D eigenvalue weighted by Gasteiger charge is 2.15. The van der Waals surface area contributed by atoms with Crippen LogP contribution in [0.2, 0.25) is 0 Å². The lowest BCUT2D eigenvalue weighted by molar-refractivity contribution is -0.130. The van der Waals surface area contributed by atoms with Crippen molar-refractivity contribution in [1.82, 2.24) is 10.2 Å². The maximum absolute atomic E-state index is 11.8. The second kappa shape index (κ2) is 6.93. The Morgan fingerprint density at radius 1 is 1.41 bits per heavy atom. The zero-order valence-corrected chi connectivity index (χ0v) is 10.5. The second-order valence-electron chi connectivity index (χ2n) is 4.45. The summed E-state index contributed by atoms with van der Waals surface area (Å²) in [6, 6.07) is 0. The van der Waals surface area contributed by atoms with Gasteiger partial charge < -0.3 is 16.0 Å². The number of hydrogen-bond acceptors (Lipinski definition) is 2. The zero-order valence-electron chi connectivity index (χ0n) is 10.5. The average Bonchev–Trinajstić information content (AvgIpc) is 2.34. The number of hydrogen-bond donors (Lipinski definition) is 2. The first-order chi connectivity index (χ1) is 8.09. The first kappa shape index (κ1) is 13.5. The Labute approximate surface area is 103 Å². The fourth-order valence-corrected chi connectivity index (χ4v) is 1.69. The van der Waals surface area contributed by atoms with Crippen LogP contribution in [0.5, 0.6) is 0 Å². The molecule has 17 heavy (non-hydrogen) atoms. The monoisotopic (exact) mass is 238 g/mol. The molecule has 1 fully saturated rings. The highest BCUT2D eigenvalue weighted by atomic mass is 16.2. The molecule has 0 aromatic carbocycles. The summed E-state index contributed by atoms with van der Waals surface area (Å²) < 4.78 is 0. The summed E-state index contributed by atoms with van der Waals surface area (Å²) in [6.45, 7) is 8.08. The number of piperidine rings is 1. The molecular formula is C12H22N4O. The van der Waals surface area contributed by atoms with Crippen LogP contribution in [0.4, 0.5) is 0 Å². The lowest BCUT2D eigenvalue weighted by atomic mass is 10.1. The molecule has 1 aliphatic heterocycles. The summed E-state index contributed by atoms with van der Waals surface area (Å²) in [4.78, 5) is 17.6. The number of likely N-dealkylation sites (tertiary alicyclic amines) is 1. The molecule has 0 bridgehead atoms. The smallest absolute Gasteiger partial charge is 0.244 e. The van der Waals surface area contributed by atoms with Crippen molar-refractivity contribution in [3.63, 3.8) is 0 Å². The molecule has 0 saturated carbocycles.